The molecule has 0 saturated heterocycles. The van der Waals surface area contributed by atoms with Gasteiger partial charge < -0.3 is 4.89 Å². The van der Waals surface area contributed by atoms with E-state index in [4.69, 9.17) is 4.89 Å². The first-order valence-electron chi connectivity index (χ1n) is 5.52. The van der Waals surface area contributed by atoms with E-state index in [1.54, 1.807) is 0 Å². The molecule has 0 saturated carbocycles. The summed E-state index contributed by atoms with van der Waals surface area (Å²) in [6, 6.07) is 0. The van der Waals surface area contributed by atoms with Crippen LogP contribution in [0.1, 0.15) is 39.0 Å². The second kappa shape index (κ2) is 9.36. The van der Waals surface area contributed by atoms with E-state index in [-0.39, 0.29) is 6.61 Å². The second-order valence-electron chi connectivity index (χ2n) is 3.40. The van der Waals surface area contributed by atoms with Gasteiger partial charge in [-0.15, -0.1) is 0 Å². The summed E-state index contributed by atoms with van der Waals surface area (Å²) in [7, 11) is -4.31. The molecule has 100 valence electrons. The Hall–Kier alpha value is -0.680. The summed E-state index contributed by atoms with van der Waals surface area (Å²) >= 11 is 0. The lowest BCUT2D eigenvalue weighted by Crippen LogP contribution is -2.03. The van der Waals surface area contributed by atoms with E-state index in [0.717, 1.165) is 31.8 Å². The third kappa shape index (κ3) is 10.2. The van der Waals surface area contributed by atoms with E-state index in [1.807, 2.05) is 0 Å². The van der Waals surface area contributed by atoms with Crippen LogP contribution in [0.2, 0.25) is 0 Å². The number of phosphoric ester groups is 1. The molecule has 0 aliphatic heterocycles. The van der Waals surface area contributed by atoms with Gasteiger partial charge in [-0.2, -0.15) is 0 Å². The van der Waals surface area contributed by atoms with E-state index >= 15 is 0 Å². The van der Waals surface area contributed by atoms with Crippen LogP contribution in [-0.2, 0) is 23.4 Å². The van der Waals surface area contributed by atoms with Crippen molar-refractivity contribution in [3.8, 4) is 0 Å². The van der Waals surface area contributed by atoms with Crippen LogP contribution in [0.4, 0.5) is 0 Å². The van der Waals surface area contributed by atoms with Gasteiger partial charge in [0.1, 0.15) is 0 Å². The molecule has 0 aromatic carbocycles. The minimum atomic E-state index is -4.31. The van der Waals surface area contributed by atoms with Crippen LogP contribution in [0.15, 0.2) is 12.7 Å². The third-order valence-electron chi connectivity index (χ3n) is 1.88. The molecule has 1 unspecified atom stereocenters. The number of phosphoric acid groups is 1. The molecule has 6 nitrogen and oxygen atoms in total. The van der Waals surface area contributed by atoms with E-state index in [1.165, 1.54) is 0 Å². The number of unbranched alkanes of at least 4 members (excludes halogenated alkanes) is 4. The van der Waals surface area contributed by atoms with Crippen molar-refractivity contribution in [2.45, 2.75) is 39.0 Å². The van der Waals surface area contributed by atoms with Gasteiger partial charge in [-0.25, -0.2) is 9.36 Å². The van der Waals surface area contributed by atoms with E-state index in [9.17, 15) is 9.36 Å². The predicted molar refractivity (Wildman–Crippen MR) is 61.9 cm³/mol. The summed E-state index contributed by atoms with van der Waals surface area (Å²) < 4.78 is 19.7. The van der Waals surface area contributed by atoms with Crippen molar-refractivity contribution in [1.29, 1.82) is 0 Å². The summed E-state index contributed by atoms with van der Waals surface area (Å²) in [6.45, 7) is 5.28. The van der Waals surface area contributed by atoms with Gasteiger partial charge >= 0.3 is 13.8 Å². The van der Waals surface area contributed by atoms with Gasteiger partial charge in [-0.1, -0.05) is 43.9 Å². The third-order valence-corrected chi connectivity index (χ3v) is 2.65. The molecular weight excluding hydrogens is 247 g/mol. The molecular formula is C10H19O6P. The Labute approximate surface area is 101 Å². The molecule has 0 spiro atoms. The van der Waals surface area contributed by atoms with Gasteiger partial charge in [0.25, 0.3) is 0 Å². The van der Waals surface area contributed by atoms with Gasteiger partial charge in [0.05, 0.1) is 6.61 Å². The number of hydrogen-bond acceptors (Lipinski definition) is 5. The average molecular weight is 266 g/mol. The number of hydrogen-bond donors (Lipinski definition) is 1. The zero-order chi connectivity index (χ0) is 13.1. The molecule has 0 bridgehead atoms. The van der Waals surface area contributed by atoms with E-state index in [0.29, 0.717) is 6.42 Å². The van der Waals surface area contributed by atoms with Crippen LogP contribution in [0.5, 0.6) is 0 Å². The predicted octanol–water partition coefficient (Wildman–Crippen LogP) is 2.73. The van der Waals surface area contributed by atoms with Crippen molar-refractivity contribution in [3.63, 3.8) is 0 Å². The SMILES string of the molecule is C=CC(=O)OOP(=O)(O)OCCCCCCC. The Bertz CT molecular complexity index is 278. The lowest BCUT2D eigenvalue weighted by Gasteiger charge is -2.09. The highest BCUT2D eigenvalue weighted by atomic mass is 31.2. The first-order chi connectivity index (χ1) is 8.02. The summed E-state index contributed by atoms with van der Waals surface area (Å²) in [5.74, 6) is -0.953. The maximum Gasteiger partial charge on any atom is 0.508 e. The molecule has 0 heterocycles. The largest absolute Gasteiger partial charge is 0.508 e. The summed E-state index contributed by atoms with van der Waals surface area (Å²) in [5.41, 5.74) is 0. The first-order valence-corrected chi connectivity index (χ1v) is 7.01. The van der Waals surface area contributed by atoms with E-state index < -0.39 is 13.8 Å². The maximum atomic E-state index is 11.1. The number of carbonyl (C=O) groups is 1. The van der Waals surface area contributed by atoms with Crippen LogP contribution < -0.4 is 0 Å². The Morgan fingerprint density at radius 2 is 2.00 bits per heavy atom. The zero-order valence-corrected chi connectivity index (χ0v) is 10.9. The first kappa shape index (κ1) is 16.3. The molecule has 0 aliphatic carbocycles. The molecule has 0 fully saturated rings. The molecule has 0 amide bonds. The molecule has 0 rings (SSSR count). The summed E-state index contributed by atoms with van der Waals surface area (Å²) in [6.07, 6.45) is 5.69. The van der Waals surface area contributed by atoms with Crippen molar-refractivity contribution in [2.75, 3.05) is 6.61 Å². The molecule has 7 heteroatoms. The average Bonchev–Trinajstić information content (AvgIpc) is 2.30. The number of carbonyl (C=O) groups excluding carboxylic acids is 1. The number of rotatable bonds is 10. The second-order valence-corrected chi connectivity index (χ2v) is 4.74. The lowest BCUT2D eigenvalue weighted by molar-refractivity contribution is -0.217. The molecule has 0 aromatic rings. The quantitative estimate of drug-likeness (QED) is 0.215. The van der Waals surface area contributed by atoms with Gasteiger partial charge in [-0.05, 0) is 6.42 Å². The van der Waals surface area contributed by atoms with Crippen LogP contribution >= 0.6 is 7.82 Å². The van der Waals surface area contributed by atoms with Gasteiger partial charge in [0.15, 0.2) is 0 Å². The molecule has 1 N–H and O–H groups in total. The van der Waals surface area contributed by atoms with Crippen molar-refractivity contribution >= 4 is 13.8 Å². The van der Waals surface area contributed by atoms with Crippen LogP contribution in [0.3, 0.4) is 0 Å². The highest BCUT2D eigenvalue weighted by molar-refractivity contribution is 7.47. The minimum Gasteiger partial charge on any atom is -0.300 e. The minimum absolute atomic E-state index is 0.0864. The highest BCUT2D eigenvalue weighted by Crippen LogP contribution is 2.43. The topological polar surface area (TPSA) is 82.1 Å². The maximum absolute atomic E-state index is 11.1. The fourth-order valence-corrected chi connectivity index (χ4v) is 1.60. The van der Waals surface area contributed by atoms with Crippen molar-refractivity contribution < 1.29 is 28.3 Å². The summed E-state index contributed by atoms with van der Waals surface area (Å²) in [5, 5.41) is 0. The Morgan fingerprint density at radius 1 is 1.35 bits per heavy atom. The molecule has 0 aliphatic rings. The molecule has 1 atom stereocenters. The van der Waals surface area contributed by atoms with Gasteiger partial charge in [-0.3, -0.25) is 9.41 Å². The van der Waals surface area contributed by atoms with Crippen molar-refractivity contribution in [1.82, 2.24) is 0 Å². The van der Waals surface area contributed by atoms with Crippen molar-refractivity contribution in [2.24, 2.45) is 0 Å². The molecule has 0 radical (unpaired) electrons. The van der Waals surface area contributed by atoms with Crippen LogP contribution in [-0.4, -0.2) is 17.5 Å². The smallest absolute Gasteiger partial charge is 0.300 e. The fraction of sp³-hybridized carbons (Fsp3) is 0.700. The normalized spacial score (nSPS) is 14.0. The standard InChI is InChI=1S/C10H19O6P/c1-3-5-6-7-8-9-14-17(12,13)16-15-10(11)4-2/h4H,2-3,5-9H2,1H3,(H,12,13). The van der Waals surface area contributed by atoms with Crippen molar-refractivity contribution in [3.05, 3.63) is 12.7 Å². The Morgan fingerprint density at radius 3 is 2.59 bits per heavy atom. The monoisotopic (exact) mass is 266 g/mol. The van der Waals surface area contributed by atoms with Gasteiger partial charge in [0, 0.05) is 6.08 Å². The fourth-order valence-electron chi connectivity index (χ4n) is 1.02. The lowest BCUT2D eigenvalue weighted by atomic mass is 10.2. The molecule has 0 aromatic heterocycles. The van der Waals surface area contributed by atoms with Crippen LogP contribution in [0.25, 0.3) is 0 Å². The molecule has 17 heavy (non-hydrogen) atoms. The zero-order valence-electron chi connectivity index (χ0n) is 9.96. The van der Waals surface area contributed by atoms with Crippen LogP contribution in [0, 0.1) is 0 Å². The highest BCUT2D eigenvalue weighted by Gasteiger charge is 2.24. The summed E-state index contributed by atoms with van der Waals surface area (Å²) in [4.78, 5) is 23.6. The van der Waals surface area contributed by atoms with E-state index in [2.05, 4.69) is 27.6 Å². The van der Waals surface area contributed by atoms with Gasteiger partial charge in [0.2, 0.25) is 0 Å². The Kier molecular flexibility index (Phi) is 8.99. The Balaban J connectivity index is 3.60.